The van der Waals surface area contributed by atoms with Crippen molar-refractivity contribution in [1.82, 2.24) is 10.2 Å². The number of imide groups is 1. The van der Waals surface area contributed by atoms with Crippen molar-refractivity contribution >= 4 is 29.3 Å². The number of nitrogens with one attached hydrogen (secondary N) is 2. The van der Waals surface area contributed by atoms with E-state index >= 15 is 0 Å². The summed E-state index contributed by atoms with van der Waals surface area (Å²) in [5, 5.41) is 5.33. The third kappa shape index (κ3) is 3.83. The van der Waals surface area contributed by atoms with Crippen LogP contribution in [0.25, 0.3) is 0 Å². The summed E-state index contributed by atoms with van der Waals surface area (Å²) in [6.45, 7) is 1.12. The average Bonchev–Trinajstić information content (AvgIpc) is 3.39. The fraction of sp³-hybridized carbons (Fsp3) is 0.130. The molecule has 8 nitrogen and oxygen atoms in total. The van der Waals surface area contributed by atoms with Gasteiger partial charge in [-0.25, -0.2) is 4.79 Å². The van der Waals surface area contributed by atoms with Crippen LogP contribution >= 0.6 is 0 Å². The van der Waals surface area contributed by atoms with Gasteiger partial charge >= 0.3 is 6.03 Å². The first-order valence-corrected chi connectivity index (χ1v) is 9.56. The van der Waals surface area contributed by atoms with Crippen LogP contribution in [0, 0.1) is 0 Å². The van der Waals surface area contributed by atoms with Gasteiger partial charge in [-0.1, -0.05) is 18.2 Å². The van der Waals surface area contributed by atoms with Crippen molar-refractivity contribution in [3.05, 3.63) is 89.9 Å². The zero-order valence-corrected chi connectivity index (χ0v) is 16.6. The lowest BCUT2D eigenvalue weighted by Crippen LogP contribution is -2.41. The highest BCUT2D eigenvalue weighted by atomic mass is 16.3. The fourth-order valence-electron chi connectivity index (χ4n) is 3.34. The van der Waals surface area contributed by atoms with Crippen LogP contribution in [0.5, 0.6) is 0 Å². The molecule has 3 aromatic rings. The monoisotopic (exact) mass is 417 g/mol. The summed E-state index contributed by atoms with van der Waals surface area (Å²) in [6, 6.07) is 17.5. The minimum absolute atomic E-state index is 0.267. The molecule has 8 heteroatoms. The van der Waals surface area contributed by atoms with E-state index in [0.717, 1.165) is 4.90 Å². The topological polar surface area (TPSA) is 109 Å². The van der Waals surface area contributed by atoms with Gasteiger partial charge in [-0.15, -0.1) is 0 Å². The molecule has 0 saturated carbocycles. The van der Waals surface area contributed by atoms with Crippen LogP contribution in [0.3, 0.4) is 0 Å². The van der Waals surface area contributed by atoms with Crippen molar-refractivity contribution in [2.45, 2.75) is 12.5 Å². The van der Waals surface area contributed by atoms with E-state index in [-0.39, 0.29) is 5.91 Å². The molecule has 2 heterocycles. The summed E-state index contributed by atoms with van der Waals surface area (Å²) >= 11 is 0. The first kappa shape index (κ1) is 20.1. The van der Waals surface area contributed by atoms with Crippen molar-refractivity contribution in [3.8, 4) is 0 Å². The van der Waals surface area contributed by atoms with Crippen molar-refractivity contribution in [3.63, 3.8) is 0 Å². The van der Waals surface area contributed by atoms with Crippen LogP contribution in [-0.4, -0.2) is 35.1 Å². The minimum Gasteiger partial charge on any atom is -0.466 e. The number of urea groups is 1. The highest BCUT2D eigenvalue weighted by Gasteiger charge is 2.51. The van der Waals surface area contributed by atoms with Crippen LogP contribution in [0.4, 0.5) is 10.5 Å². The molecule has 1 atom stereocenters. The van der Waals surface area contributed by atoms with E-state index in [1.165, 1.54) is 25.3 Å². The van der Waals surface area contributed by atoms with Crippen LogP contribution in [-0.2, 0) is 10.3 Å². The molecule has 2 aromatic carbocycles. The molecule has 0 radical (unpaired) electrons. The SMILES string of the molecule is CC1(c2ccco2)NC(=O)N(CC(=O)c2ccc(NC(=O)c3ccccc3)cc2)C1=O. The summed E-state index contributed by atoms with van der Waals surface area (Å²) < 4.78 is 5.27. The number of carbonyl (C=O) groups is 4. The normalized spacial score (nSPS) is 18.0. The molecule has 4 amide bonds. The largest absolute Gasteiger partial charge is 0.466 e. The van der Waals surface area contributed by atoms with Gasteiger partial charge in [0.1, 0.15) is 5.76 Å². The molecule has 1 fully saturated rings. The summed E-state index contributed by atoms with van der Waals surface area (Å²) in [7, 11) is 0. The standard InChI is InChI=1S/C23H19N3O5/c1-23(19-8-5-13-31-19)21(29)26(22(30)25-23)14-18(27)15-9-11-17(12-10-15)24-20(28)16-6-3-2-4-7-16/h2-13H,14H2,1H3,(H,24,28)(H,25,30). The third-order valence-corrected chi connectivity index (χ3v) is 5.09. The van der Waals surface area contributed by atoms with E-state index in [2.05, 4.69) is 10.6 Å². The van der Waals surface area contributed by atoms with Crippen LogP contribution in [0.2, 0.25) is 0 Å². The maximum Gasteiger partial charge on any atom is 0.325 e. The molecule has 1 aromatic heterocycles. The molecule has 0 spiro atoms. The van der Waals surface area contributed by atoms with Crippen molar-refractivity contribution < 1.29 is 23.6 Å². The Balaban J connectivity index is 1.43. The summed E-state index contributed by atoms with van der Waals surface area (Å²) in [5.41, 5.74) is -0.0107. The molecule has 31 heavy (non-hydrogen) atoms. The van der Waals surface area contributed by atoms with Gasteiger partial charge in [0.25, 0.3) is 11.8 Å². The molecule has 1 aliphatic heterocycles. The number of rotatable bonds is 6. The number of anilines is 1. The summed E-state index contributed by atoms with van der Waals surface area (Å²) in [5.74, 6) is -0.948. The quantitative estimate of drug-likeness (QED) is 0.473. The van der Waals surface area contributed by atoms with E-state index in [4.69, 9.17) is 4.42 Å². The molecule has 1 unspecified atom stereocenters. The zero-order valence-electron chi connectivity index (χ0n) is 16.6. The number of nitrogens with zero attached hydrogens (tertiary/aromatic N) is 1. The van der Waals surface area contributed by atoms with Crippen molar-refractivity contribution in [2.24, 2.45) is 0 Å². The van der Waals surface area contributed by atoms with Gasteiger partial charge in [-0.2, -0.15) is 0 Å². The highest BCUT2D eigenvalue weighted by Crippen LogP contribution is 2.29. The lowest BCUT2D eigenvalue weighted by molar-refractivity contribution is -0.131. The van der Waals surface area contributed by atoms with E-state index in [0.29, 0.717) is 22.6 Å². The number of benzene rings is 2. The molecule has 2 N–H and O–H groups in total. The van der Waals surface area contributed by atoms with Crippen molar-refractivity contribution in [1.29, 1.82) is 0 Å². The number of Topliss-reactive ketones (excluding diaryl/α,β-unsaturated/α-hetero) is 1. The highest BCUT2D eigenvalue weighted by molar-refractivity contribution is 6.11. The molecule has 156 valence electrons. The number of furan rings is 1. The Kier molecular flexibility index (Phi) is 5.12. The molecular formula is C23H19N3O5. The molecule has 4 rings (SSSR count). The second kappa shape index (κ2) is 7.91. The van der Waals surface area contributed by atoms with Crippen LogP contribution in [0.15, 0.2) is 77.4 Å². The van der Waals surface area contributed by atoms with Gasteiger partial charge < -0.3 is 15.1 Å². The van der Waals surface area contributed by atoms with Crippen LogP contribution < -0.4 is 10.6 Å². The Bertz CT molecular complexity index is 1140. The Labute approximate surface area is 177 Å². The Morgan fingerprint density at radius 3 is 2.32 bits per heavy atom. The number of hydrogen-bond acceptors (Lipinski definition) is 5. The lowest BCUT2D eigenvalue weighted by Gasteiger charge is -2.18. The first-order valence-electron chi connectivity index (χ1n) is 9.56. The first-order chi connectivity index (χ1) is 14.9. The Morgan fingerprint density at radius 1 is 0.968 bits per heavy atom. The maximum atomic E-state index is 12.8. The predicted molar refractivity (Wildman–Crippen MR) is 111 cm³/mol. The van der Waals surface area contributed by atoms with Gasteiger partial charge in [-0.05, 0) is 55.5 Å². The number of ketones is 1. The maximum absolute atomic E-state index is 12.8. The Hall–Kier alpha value is -4.20. The van der Waals surface area contributed by atoms with E-state index in [1.54, 1.807) is 48.5 Å². The zero-order chi connectivity index (χ0) is 22.0. The van der Waals surface area contributed by atoms with Gasteiger partial charge in [0, 0.05) is 16.8 Å². The fourth-order valence-corrected chi connectivity index (χ4v) is 3.34. The van der Waals surface area contributed by atoms with Gasteiger partial charge in [-0.3, -0.25) is 19.3 Å². The molecule has 1 saturated heterocycles. The average molecular weight is 417 g/mol. The number of hydrogen-bond donors (Lipinski definition) is 2. The second-order valence-electron chi connectivity index (χ2n) is 7.24. The summed E-state index contributed by atoms with van der Waals surface area (Å²) in [4.78, 5) is 50.9. The lowest BCUT2D eigenvalue weighted by atomic mass is 9.99. The minimum atomic E-state index is -1.35. The Morgan fingerprint density at radius 2 is 1.68 bits per heavy atom. The van der Waals surface area contributed by atoms with Gasteiger partial charge in [0.05, 0.1) is 12.8 Å². The predicted octanol–water partition coefficient (Wildman–Crippen LogP) is 3.18. The molecule has 1 aliphatic rings. The molecular weight excluding hydrogens is 398 g/mol. The molecule has 0 aliphatic carbocycles. The van der Waals surface area contributed by atoms with Gasteiger partial charge in [0.2, 0.25) is 0 Å². The third-order valence-electron chi connectivity index (χ3n) is 5.09. The molecule has 0 bridgehead atoms. The van der Waals surface area contributed by atoms with Gasteiger partial charge in [0.15, 0.2) is 11.3 Å². The van der Waals surface area contributed by atoms with E-state index < -0.39 is 29.8 Å². The number of amides is 4. The van der Waals surface area contributed by atoms with Crippen molar-refractivity contribution in [2.75, 3.05) is 11.9 Å². The number of carbonyl (C=O) groups excluding carboxylic acids is 4. The van der Waals surface area contributed by atoms with E-state index in [9.17, 15) is 19.2 Å². The second-order valence-corrected chi connectivity index (χ2v) is 7.24. The van der Waals surface area contributed by atoms with E-state index in [1.807, 2.05) is 6.07 Å². The smallest absolute Gasteiger partial charge is 0.325 e. The van der Waals surface area contributed by atoms with Crippen LogP contribution in [0.1, 0.15) is 33.4 Å². The summed E-state index contributed by atoms with van der Waals surface area (Å²) in [6.07, 6.45) is 1.41.